The number of rotatable bonds is 6. The number of unbranched alkanes of at least 4 members (excludes halogenated alkanes) is 1. The van der Waals surface area contributed by atoms with Crippen molar-refractivity contribution in [3.8, 4) is 0 Å². The highest BCUT2D eigenvalue weighted by molar-refractivity contribution is 5.97. The lowest BCUT2D eigenvalue weighted by Gasteiger charge is -2.08. The van der Waals surface area contributed by atoms with Gasteiger partial charge in [0.1, 0.15) is 5.82 Å². The lowest BCUT2D eigenvalue weighted by atomic mass is 10.2. The Bertz CT molecular complexity index is 894. The van der Waals surface area contributed by atoms with E-state index in [2.05, 4.69) is 41.1 Å². The summed E-state index contributed by atoms with van der Waals surface area (Å²) < 4.78 is 2.20. The van der Waals surface area contributed by atoms with Gasteiger partial charge in [-0.1, -0.05) is 49.8 Å². The van der Waals surface area contributed by atoms with Crippen LogP contribution in [-0.4, -0.2) is 22.5 Å². The first-order valence-corrected chi connectivity index (χ1v) is 8.65. The SMILES string of the molecule is CCC/C=C/c1nc2cc(C(=O)NC)ccc2n1Cc1ccccc1. The topological polar surface area (TPSA) is 46.9 Å². The molecule has 1 heterocycles. The van der Waals surface area contributed by atoms with E-state index in [-0.39, 0.29) is 5.91 Å². The maximum Gasteiger partial charge on any atom is 0.251 e. The third-order valence-electron chi connectivity index (χ3n) is 4.17. The molecule has 0 bridgehead atoms. The Kier molecular flexibility index (Phi) is 5.29. The van der Waals surface area contributed by atoms with Gasteiger partial charge in [-0.2, -0.15) is 0 Å². The number of nitrogens with zero attached hydrogens (tertiary/aromatic N) is 2. The van der Waals surface area contributed by atoms with Gasteiger partial charge < -0.3 is 9.88 Å². The third-order valence-corrected chi connectivity index (χ3v) is 4.17. The second kappa shape index (κ2) is 7.79. The Balaban J connectivity index is 2.06. The molecule has 1 aromatic heterocycles. The van der Waals surface area contributed by atoms with E-state index in [1.54, 1.807) is 7.05 Å². The molecule has 1 N–H and O–H groups in total. The molecule has 1 amide bonds. The van der Waals surface area contributed by atoms with Crippen LogP contribution in [-0.2, 0) is 6.54 Å². The first-order chi connectivity index (χ1) is 12.2. The number of imidazole rings is 1. The lowest BCUT2D eigenvalue weighted by molar-refractivity contribution is 0.0963. The molecule has 0 saturated carbocycles. The zero-order chi connectivity index (χ0) is 17.6. The molecule has 0 radical (unpaired) electrons. The molecule has 2 aromatic carbocycles. The Hall–Kier alpha value is -2.88. The minimum absolute atomic E-state index is 0.0948. The molecular formula is C21H23N3O. The van der Waals surface area contributed by atoms with E-state index in [1.807, 2.05) is 36.4 Å². The third kappa shape index (κ3) is 3.79. The first kappa shape index (κ1) is 17.0. The molecule has 0 unspecified atom stereocenters. The normalized spacial score (nSPS) is 11.3. The molecule has 25 heavy (non-hydrogen) atoms. The number of benzene rings is 2. The molecule has 0 fully saturated rings. The number of aromatic nitrogens is 2. The number of carbonyl (C=O) groups excluding carboxylic acids is 1. The Labute approximate surface area is 148 Å². The van der Waals surface area contributed by atoms with Crippen molar-refractivity contribution in [1.29, 1.82) is 0 Å². The molecule has 3 rings (SSSR count). The van der Waals surface area contributed by atoms with Crippen LogP contribution in [0.4, 0.5) is 0 Å². The predicted octanol–water partition coefficient (Wildman–Crippen LogP) is 4.26. The summed E-state index contributed by atoms with van der Waals surface area (Å²) in [5, 5.41) is 2.66. The van der Waals surface area contributed by atoms with Gasteiger partial charge in [0, 0.05) is 19.2 Å². The van der Waals surface area contributed by atoms with Gasteiger partial charge in [0.05, 0.1) is 11.0 Å². The van der Waals surface area contributed by atoms with E-state index in [0.717, 1.165) is 36.2 Å². The van der Waals surface area contributed by atoms with Gasteiger partial charge in [0.15, 0.2) is 0 Å². The van der Waals surface area contributed by atoms with Crippen molar-refractivity contribution in [3.63, 3.8) is 0 Å². The second-order valence-electron chi connectivity index (χ2n) is 6.02. The summed E-state index contributed by atoms with van der Waals surface area (Å²) in [5.41, 5.74) is 3.73. The number of allylic oxidation sites excluding steroid dienone is 1. The summed E-state index contributed by atoms with van der Waals surface area (Å²) in [6.07, 6.45) is 6.36. The number of amides is 1. The molecule has 0 aliphatic heterocycles. The average Bonchev–Trinajstić information content (AvgIpc) is 2.99. The van der Waals surface area contributed by atoms with Crippen LogP contribution >= 0.6 is 0 Å². The van der Waals surface area contributed by atoms with E-state index in [0.29, 0.717) is 5.56 Å². The molecular weight excluding hydrogens is 310 g/mol. The minimum Gasteiger partial charge on any atom is -0.355 e. The number of hydrogen-bond donors (Lipinski definition) is 1. The second-order valence-corrected chi connectivity index (χ2v) is 6.02. The Morgan fingerprint density at radius 2 is 2.00 bits per heavy atom. The molecule has 128 valence electrons. The molecule has 3 aromatic rings. The Morgan fingerprint density at radius 1 is 1.20 bits per heavy atom. The van der Waals surface area contributed by atoms with Crippen molar-refractivity contribution < 1.29 is 4.79 Å². The molecule has 4 heteroatoms. The maximum atomic E-state index is 11.9. The lowest BCUT2D eigenvalue weighted by Crippen LogP contribution is -2.17. The van der Waals surface area contributed by atoms with Gasteiger partial charge in [0.2, 0.25) is 0 Å². The fourth-order valence-corrected chi connectivity index (χ4v) is 2.85. The van der Waals surface area contributed by atoms with Gasteiger partial charge in [-0.15, -0.1) is 0 Å². The van der Waals surface area contributed by atoms with Crippen molar-refractivity contribution in [3.05, 3.63) is 71.6 Å². The van der Waals surface area contributed by atoms with Crippen LogP contribution < -0.4 is 5.32 Å². The molecule has 0 aliphatic rings. The molecule has 0 saturated heterocycles. The van der Waals surface area contributed by atoms with Gasteiger partial charge in [-0.25, -0.2) is 4.98 Å². The van der Waals surface area contributed by atoms with Crippen molar-refractivity contribution >= 4 is 23.0 Å². The summed E-state index contributed by atoms with van der Waals surface area (Å²) in [4.78, 5) is 16.6. The summed E-state index contributed by atoms with van der Waals surface area (Å²) in [5.74, 6) is 0.823. The zero-order valence-electron chi connectivity index (χ0n) is 14.7. The quantitative estimate of drug-likeness (QED) is 0.733. The van der Waals surface area contributed by atoms with Crippen LogP contribution in [0, 0.1) is 0 Å². The molecule has 4 nitrogen and oxygen atoms in total. The smallest absolute Gasteiger partial charge is 0.251 e. The van der Waals surface area contributed by atoms with E-state index in [4.69, 9.17) is 4.98 Å². The summed E-state index contributed by atoms with van der Waals surface area (Å²) in [6, 6.07) is 16.0. The number of carbonyl (C=O) groups is 1. The van der Waals surface area contributed by atoms with Crippen LogP contribution in [0.2, 0.25) is 0 Å². The van der Waals surface area contributed by atoms with Crippen molar-refractivity contribution in [2.24, 2.45) is 0 Å². The van der Waals surface area contributed by atoms with Crippen molar-refractivity contribution in [2.45, 2.75) is 26.3 Å². The highest BCUT2D eigenvalue weighted by Crippen LogP contribution is 2.21. The highest BCUT2D eigenvalue weighted by atomic mass is 16.1. The first-order valence-electron chi connectivity index (χ1n) is 8.65. The molecule has 0 aliphatic carbocycles. The van der Waals surface area contributed by atoms with Gasteiger partial charge in [-0.3, -0.25) is 4.79 Å². The zero-order valence-corrected chi connectivity index (χ0v) is 14.7. The fraction of sp³-hybridized carbons (Fsp3) is 0.238. The Morgan fingerprint density at radius 3 is 2.72 bits per heavy atom. The van der Waals surface area contributed by atoms with Crippen molar-refractivity contribution in [2.75, 3.05) is 7.05 Å². The number of hydrogen-bond acceptors (Lipinski definition) is 2. The maximum absolute atomic E-state index is 11.9. The van der Waals surface area contributed by atoms with Crippen LogP contribution in [0.1, 0.15) is 41.5 Å². The monoisotopic (exact) mass is 333 g/mol. The van der Waals surface area contributed by atoms with Crippen molar-refractivity contribution in [1.82, 2.24) is 14.9 Å². The van der Waals surface area contributed by atoms with E-state index >= 15 is 0 Å². The number of fused-ring (bicyclic) bond motifs is 1. The number of nitrogens with one attached hydrogen (secondary N) is 1. The fourth-order valence-electron chi connectivity index (χ4n) is 2.85. The van der Waals surface area contributed by atoms with Crippen LogP contribution in [0.3, 0.4) is 0 Å². The molecule has 0 atom stereocenters. The predicted molar refractivity (Wildman–Crippen MR) is 103 cm³/mol. The average molecular weight is 333 g/mol. The summed E-state index contributed by atoms with van der Waals surface area (Å²) in [7, 11) is 1.64. The molecule has 0 spiro atoms. The highest BCUT2D eigenvalue weighted by Gasteiger charge is 2.12. The van der Waals surface area contributed by atoms with E-state index in [1.165, 1.54) is 5.56 Å². The van der Waals surface area contributed by atoms with Gasteiger partial charge >= 0.3 is 0 Å². The summed E-state index contributed by atoms with van der Waals surface area (Å²) in [6.45, 7) is 2.91. The van der Waals surface area contributed by atoms with E-state index < -0.39 is 0 Å². The van der Waals surface area contributed by atoms with Gasteiger partial charge in [0.25, 0.3) is 5.91 Å². The van der Waals surface area contributed by atoms with E-state index in [9.17, 15) is 4.79 Å². The van der Waals surface area contributed by atoms with Crippen LogP contribution in [0.5, 0.6) is 0 Å². The van der Waals surface area contributed by atoms with Gasteiger partial charge in [-0.05, 0) is 36.3 Å². The largest absolute Gasteiger partial charge is 0.355 e. The standard InChI is InChI=1S/C21H23N3O/c1-3-4-6-11-20-23-18-14-17(21(25)22-2)12-13-19(18)24(20)15-16-9-7-5-8-10-16/h5-14H,3-4,15H2,1-2H3,(H,22,25)/b11-6+. The summed E-state index contributed by atoms with van der Waals surface area (Å²) >= 11 is 0. The van der Waals surface area contributed by atoms with Crippen LogP contribution in [0.25, 0.3) is 17.1 Å². The minimum atomic E-state index is -0.0948. The van der Waals surface area contributed by atoms with Crippen LogP contribution in [0.15, 0.2) is 54.6 Å².